The number of carbonyl (C=O) groups is 1. The molecule has 1 aliphatic carbocycles. The van der Waals surface area contributed by atoms with Crippen LogP contribution in [0.4, 0.5) is 4.79 Å². The van der Waals surface area contributed by atoms with Crippen LogP contribution < -0.4 is 10.6 Å². The monoisotopic (exact) mass is 319 g/mol. The summed E-state index contributed by atoms with van der Waals surface area (Å²) in [7, 11) is 0. The van der Waals surface area contributed by atoms with Crippen LogP contribution in [0.15, 0.2) is 18.2 Å². The minimum Gasteiger partial charge on any atom is -0.444 e. The first kappa shape index (κ1) is 17.7. The van der Waals surface area contributed by atoms with Crippen LogP contribution >= 0.6 is 0 Å². The van der Waals surface area contributed by atoms with Gasteiger partial charge in [0, 0.05) is 24.3 Å². The Hall–Kier alpha value is -1.62. The number of carbonyl (C=O) groups excluding carboxylic acids is 1. The molecule has 2 N–H and O–H groups in total. The number of nitrogens with zero attached hydrogens (tertiary/aromatic N) is 1. The van der Waals surface area contributed by atoms with Gasteiger partial charge in [-0.1, -0.05) is 6.07 Å². The summed E-state index contributed by atoms with van der Waals surface area (Å²) in [6.07, 6.45) is 3.88. The fourth-order valence-corrected chi connectivity index (χ4v) is 2.93. The van der Waals surface area contributed by atoms with Gasteiger partial charge in [-0.2, -0.15) is 0 Å². The molecule has 1 aromatic rings. The number of ether oxygens (including phenoxy) is 1. The van der Waals surface area contributed by atoms with Crippen molar-refractivity contribution in [2.45, 2.75) is 77.6 Å². The van der Waals surface area contributed by atoms with Crippen LogP contribution in [-0.4, -0.2) is 28.8 Å². The average Bonchev–Trinajstić information content (AvgIpc) is 2.43. The number of alkyl carbamates (subject to hydrolysis) is 1. The van der Waals surface area contributed by atoms with Gasteiger partial charge in [-0.05, 0) is 65.5 Å². The van der Waals surface area contributed by atoms with Crippen LogP contribution in [0.1, 0.15) is 57.8 Å². The topological polar surface area (TPSA) is 63.2 Å². The highest BCUT2D eigenvalue weighted by Crippen LogP contribution is 2.19. The summed E-state index contributed by atoms with van der Waals surface area (Å²) in [4.78, 5) is 16.4. The van der Waals surface area contributed by atoms with Gasteiger partial charge in [-0.3, -0.25) is 4.98 Å². The summed E-state index contributed by atoms with van der Waals surface area (Å²) in [5.41, 5.74) is 1.65. The zero-order valence-electron chi connectivity index (χ0n) is 14.7. The number of pyridine rings is 1. The molecule has 5 nitrogen and oxygen atoms in total. The van der Waals surface area contributed by atoms with Gasteiger partial charge in [0.15, 0.2) is 0 Å². The Morgan fingerprint density at radius 3 is 2.74 bits per heavy atom. The summed E-state index contributed by atoms with van der Waals surface area (Å²) >= 11 is 0. The number of aromatic nitrogens is 1. The highest BCUT2D eigenvalue weighted by atomic mass is 16.6. The van der Waals surface area contributed by atoms with Crippen molar-refractivity contribution in [3.05, 3.63) is 29.6 Å². The SMILES string of the molecule is Cc1cccc(CNC2CCCC(NC(=O)OC(C)(C)C)C2)n1. The van der Waals surface area contributed by atoms with Gasteiger partial charge in [-0.25, -0.2) is 4.79 Å². The third kappa shape index (κ3) is 6.57. The number of aryl methyl sites for hydroxylation is 1. The number of hydrogen-bond acceptors (Lipinski definition) is 4. The van der Waals surface area contributed by atoms with Crippen molar-refractivity contribution in [1.29, 1.82) is 0 Å². The molecular formula is C18H29N3O2. The Morgan fingerprint density at radius 1 is 1.30 bits per heavy atom. The minimum absolute atomic E-state index is 0.182. The molecule has 0 bridgehead atoms. The van der Waals surface area contributed by atoms with E-state index in [9.17, 15) is 4.79 Å². The van der Waals surface area contributed by atoms with Crippen molar-refractivity contribution >= 4 is 6.09 Å². The first-order valence-electron chi connectivity index (χ1n) is 8.47. The van der Waals surface area contributed by atoms with Gasteiger partial charge < -0.3 is 15.4 Å². The summed E-state index contributed by atoms with van der Waals surface area (Å²) in [5.74, 6) is 0. The molecule has 1 heterocycles. The Kier molecular flexibility index (Phi) is 5.99. The van der Waals surface area contributed by atoms with Crippen LogP contribution in [0.2, 0.25) is 0 Å². The molecule has 23 heavy (non-hydrogen) atoms. The zero-order chi connectivity index (χ0) is 16.9. The molecule has 0 saturated heterocycles. The standard InChI is InChI=1S/C18H29N3O2/c1-13-7-5-10-16(20-13)12-19-14-8-6-9-15(11-14)21-17(22)23-18(2,3)4/h5,7,10,14-15,19H,6,8-9,11-12H2,1-4H3,(H,21,22). The molecule has 0 aliphatic heterocycles. The average molecular weight is 319 g/mol. The normalized spacial score (nSPS) is 21.7. The molecule has 0 radical (unpaired) electrons. The smallest absolute Gasteiger partial charge is 0.407 e. The number of rotatable bonds is 4. The van der Waals surface area contributed by atoms with Crippen LogP contribution in [0.5, 0.6) is 0 Å². The quantitative estimate of drug-likeness (QED) is 0.893. The summed E-state index contributed by atoms with van der Waals surface area (Å²) in [6.45, 7) is 8.42. The van der Waals surface area contributed by atoms with Gasteiger partial charge in [0.2, 0.25) is 0 Å². The highest BCUT2D eigenvalue weighted by molar-refractivity contribution is 5.68. The lowest BCUT2D eigenvalue weighted by molar-refractivity contribution is 0.0488. The molecule has 1 amide bonds. The molecule has 1 fully saturated rings. The second-order valence-electron chi connectivity index (χ2n) is 7.36. The third-order valence-corrected chi connectivity index (χ3v) is 3.91. The predicted molar refractivity (Wildman–Crippen MR) is 91.2 cm³/mol. The molecule has 5 heteroatoms. The summed E-state index contributed by atoms with van der Waals surface area (Å²) in [6, 6.07) is 6.67. The second kappa shape index (κ2) is 7.77. The second-order valence-corrected chi connectivity index (χ2v) is 7.36. The Morgan fingerprint density at radius 2 is 2.04 bits per heavy atom. The van der Waals surface area contributed by atoms with E-state index in [1.807, 2.05) is 45.9 Å². The number of hydrogen-bond donors (Lipinski definition) is 2. The van der Waals surface area contributed by atoms with Crippen LogP contribution in [0.3, 0.4) is 0 Å². The lowest BCUT2D eigenvalue weighted by Crippen LogP contribution is -2.45. The van der Waals surface area contributed by atoms with Crippen LogP contribution in [0.25, 0.3) is 0 Å². The Labute approximate surface area is 139 Å². The van der Waals surface area contributed by atoms with E-state index in [0.29, 0.717) is 6.04 Å². The first-order valence-corrected chi connectivity index (χ1v) is 8.47. The predicted octanol–water partition coefficient (Wildman–Crippen LogP) is 3.32. The van der Waals surface area contributed by atoms with E-state index in [2.05, 4.69) is 15.6 Å². The molecule has 2 atom stereocenters. The van der Waals surface area contributed by atoms with Gasteiger partial charge in [-0.15, -0.1) is 0 Å². The van der Waals surface area contributed by atoms with Gasteiger partial charge in [0.25, 0.3) is 0 Å². The molecule has 2 unspecified atom stereocenters. The van der Waals surface area contributed by atoms with E-state index in [4.69, 9.17) is 4.74 Å². The van der Waals surface area contributed by atoms with E-state index in [-0.39, 0.29) is 12.1 Å². The molecule has 128 valence electrons. The van der Waals surface area contributed by atoms with E-state index < -0.39 is 5.60 Å². The Bertz CT molecular complexity index is 525. The fourth-order valence-electron chi connectivity index (χ4n) is 2.93. The van der Waals surface area contributed by atoms with Crippen LogP contribution in [-0.2, 0) is 11.3 Å². The summed E-state index contributed by atoms with van der Waals surface area (Å²) in [5, 5.41) is 6.56. The van der Waals surface area contributed by atoms with Gasteiger partial charge in [0.1, 0.15) is 5.60 Å². The first-order chi connectivity index (χ1) is 10.8. The molecule has 1 saturated carbocycles. The fraction of sp³-hybridized carbons (Fsp3) is 0.667. The largest absolute Gasteiger partial charge is 0.444 e. The third-order valence-electron chi connectivity index (χ3n) is 3.91. The summed E-state index contributed by atoms with van der Waals surface area (Å²) < 4.78 is 5.34. The maximum Gasteiger partial charge on any atom is 0.407 e. The highest BCUT2D eigenvalue weighted by Gasteiger charge is 2.25. The molecule has 0 aromatic carbocycles. The van der Waals surface area contributed by atoms with E-state index in [1.54, 1.807) is 0 Å². The van der Waals surface area contributed by atoms with E-state index >= 15 is 0 Å². The Balaban J connectivity index is 1.78. The molecular weight excluding hydrogens is 290 g/mol. The molecule has 1 aromatic heterocycles. The maximum absolute atomic E-state index is 11.9. The maximum atomic E-state index is 11.9. The molecule has 0 spiro atoms. The van der Waals surface area contributed by atoms with Gasteiger partial charge in [0.05, 0.1) is 5.69 Å². The van der Waals surface area contributed by atoms with Crippen molar-refractivity contribution in [1.82, 2.24) is 15.6 Å². The lowest BCUT2D eigenvalue weighted by Gasteiger charge is -2.31. The van der Waals surface area contributed by atoms with Crippen molar-refractivity contribution < 1.29 is 9.53 Å². The molecule has 1 aliphatic rings. The van der Waals surface area contributed by atoms with Crippen LogP contribution in [0, 0.1) is 6.92 Å². The van der Waals surface area contributed by atoms with E-state index in [0.717, 1.165) is 43.6 Å². The van der Waals surface area contributed by atoms with Crippen molar-refractivity contribution in [3.63, 3.8) is 0 Å². The lowest BCUT2D eigenvalue weighted by atomic mass is 9.91. The van der Waals surface area contributed by atoms with Crippen molar-refractivity contribution in [3.8, 4) is 0 Å². The van der Waals surface area contributed by atoms with E-state index in [1.165, 1.54) is 0 Å². The van der Waals surface area contributed by atoms with Crippen molar-refractivity contribution in [2.24, 2.45) is 0 Å². The number of nitrogens with one attached hydrogen (secondary N) is 2. The number of amides is 1. The minimum atomic E-state index is -0.451. The molecule has 2 rings (SSSR count). The zero-order valence-corrected chi connectivity index (χ0v) is 14.7. The van der Waals surface area contributed by atoms with Crippen molar-refractivity contribution in [2.75, 3.05) is 0 Å². The van der Waals surface area contributed by atoms with Gasteiger partial charge >= 0.3 is 6.09 Å².